The molecule has 19 heavy (non-hydrogen) atoms. The van der Waals surface area contributed by atoms with Crippen LogP contribution in [0.5, 0.6) is 0 Å². The summed E-state index contributed by atoms with van der Waals surface area (Å²) in [4.78, 5) is 25.8. The van der Waals surface area contributed by atoms with Crippen LogP contribution in [0.2, 0.25) is 5.02 Å². The maximum atomic E-state index is 12.3. The van der Waals surface area contributed by atoms with Gasteiger partial charge in [0, 0.05) is 0 Å². The molecule has 1 heterocycles. The molecule has 3 rings (SSSR count). The Labute approximate surface area is 115 Å². The number of amides is 2. The Morgan fingerprint density at radius 2 is 1.84 bits per heavy atom. The van der Waals surface area contributed by atoms with Gasteiger partial charge in [0.15, 0.2) is 0 Å². The van der Waals surface area contributed by atoms with Crippen LogP contribution < -0.4 is 4.90 Å². The Balaban J connectivity index is 2.01. The number of benzene rings is 1. The van der Waals surface area contributed by atoms with Crippen LogP contribution in [0.4, 0.5) is 5.69 Å². The Hall–Kier alpha value is -1.86. The highest BCUT2D eigenvalue weighted by Gasteiger charge is 2.50. The minimum Gasteiger partial charge on any atom is -0.274 e. The molecular formula is C14H11ClN2O2. The van der Waals surface area contributed by atoms with Gasteiger partial charge in [-0.25, -0.2) is 4.90 Å². The third kappa shape index (κ3) is 1.73. The van der Waals surface area contributed by atoms with E-state index < -0.39 is 0 Å². The molecular weight excluding hydrogens is 264 g/mol. The lowest BCUT2D eigenvalue weighted by atomic mass is 10.00. The molecule has 0 aromatic heterocycles. The largest absolute Gasteiger partial charge is 0.274 e. The predicted octanol–water partition coefficient (Wildman–Crippen LogP) is 2.50. The molecule has 5 heteroatoms. The molecule has 2 fully saturated rings. The van der Waals surface area contributed by atoms with E-state index in [1.807, 2.05) is 6.07 Å². The average Bonchev–Trinajstić information content (AvgIpc) is 2.96. The third-order valence-electron chi connectivity index (χ3n) is 3.91. The topological polar surface area (TPSA) is 61.2 Å². The van der Waals surface area contributed by atoms with Crippen molar-refractivity contribution in [3.8, 4) is 6.07 Å². The van der Waals surface area contributed by atoms with Gasteiger partial charge in [0.2, 0.25) is 11.8 Å². The number of carbonyl (C=O) groups is 2. The smallest absolute Gasteiger partial charge is 0.237 e. The maximum absolute atomic E-state index is 12.3. The van der Waals surface area contributed by atoms with Crippen LogP contribution in [0.1, 0.15) is 24.8 Å². The second-order valence-corrected chi connectivity index (χ2v) is 5.34. The van der Waals surface area contributed by atoms with Crippen molar-refractivity contribution in [2.75, 3.05) is 4.90 Å². The fourth-order valence-corrected chi connectivity index (χ4v) is 3.25. The van der Waals surface area contributed by atoms with Gasteiger partial charge in [0.25, 0.3) is 0 Å². The fraction of sp³-hybridized carbons (Fsp3) is 0.357. The lowest BCUT2D eigenvalue weighted by Crippen LogP contribution is -2.31. The van der Waals surface area contributed by atoms with Gasteiger partial charge in [-0.05, 0) is 31.0 Å². The first-order valence-electron chi connectivity index (χ1n) is 6.21. The molecule has 1 aromatic rings. The van der Waals surface area contributed by atoms with E-state index >= 15 is 0 Å². The number of nitriles is 1. The van der Waals surface area contributed by atoms with Gasteiger partial charge in [-0.15, -0.1) is 0 Å². The second-order valence-electron chi connectivity index (χ2n) is 4.93. The zero-order chi connectivity index (χ0) is 13.6. The number of carbonyl (C=O) groups excluding carboxylic acids is 2. The van der Waals surface area contributed by atoms with Crippen LogP contribution in [-0.4, -0.2) is 11.8 Å². The van der Waals surface area contributed by atoms with Crippen LogP contribution in [0, 0.1) is 23.2 Å². The summed E-state index contributed by atoms with van der Waals surface area (Å²) in [5.74, 6) is -0.670. The van der Waals surface area contributed by atoms with Crippen molar-refractivity contribution in [1.29, 1.82) is 5.26 Å². The van der Waals surface area contributed by atoms with Crippen LogP contribution in [0.15, 0.2) is 18.2 Å². The minimum atomic E-state index is -0.181. The molecule has 1 saturated heterocycles. The molecule has 1 aromatic carbocycles. The van der Waals surface area contributed by atoms with E-state index in [1.54, 1.807) is 12.1 Å². The Bertz CT molecular complexity index is 598. The summed E-state index contributed by atoms with van der Waals surface area (Å²) in [5, 5.41) is 9.06. The molecule has 0 spiro atoms. The first-order chi connectivity index (χ1) is 9.13. The van der Waals surface area contributed by atoms with E-state index in [1.165, 1.54) is 11.0 Å². The number of anilines is 1. The lowest BCUT2D eigenvalue weighted by molar-refractivity contribution is -0.122. The zero-order valence-electron chi connectivity index (χ0n) is 10.1. The normalized spacial score (nSPS) is 25.6. The molecule has 1 saturated carbocycles. The van der Waals surface area contributed by atoms with Crippen molar-refractivity contribution in [3.05, 3.63) is 28.8 Å². The van der Waals surface area contributed by atoms with Crippen LogP contribution in [0.3, 0.4) is 0 Å². The van der Waals surface area contributed by atoms with E-state index in [4.69, 9.17) is 16.9 Å². The Morgan fingerprint density at radius 1 is 1.21 bits per heavy atom. The molecule has 4 nitrogen and oxygen atoms in total. The summed E-state index contributed by atoms with van der Waals surface area (Å²) in [6.45, 7) is 0. The van der Waals surface area contributed by atoms with Crippen LogP contribution in [-0.2, 0) is 9.59 Å². The lowest BCUT2D eigenvalue weighted by Gasteiger charge is -2.17. The highest BCUT2D eigenvalue weighted by molar-refractivity contribution is 6.36. The first-order valence-corrected chi connectivity index (χ1v) is 6.58. The summed E-state index contributed by atoms with van der Waals surface area (Å²) in [5.41, 5.74) is 0.804. The third-order valence-corrected chi connectivity index (χ3v) is 4.21. The molecule has 0 bridgehead atoms. The summed E-state index contributed by atoms with van der Waals surface area (Å²) >= 11 is 6.08. The monoisotopic (exact) mass is 274 g/mol. The molecule has 1 aliphatic carbocycles. The van der Waals surface area contributed by atoms with Crippen molar-refractivity contribution in [1.82, 2.24) is 0 Å². The zero-order valence-corrected chi connectivity index (χ0v) is 10.9. The molecule has 2 unspecified atom stereocenters. The van der Waals surface area contributed by atoms with Gasteiger partial charge in [0.05, 0.1) is 34.2 Å². The van der Waals surface area contributed by atoms with Crippen molar-refractivity contribution in [2.45, 2.75) is 19.3 Å². The summed E-state index contributed by atoms with van der Waals surface area (Å²) < 4.78 is 0. The van der Waals surface area contributed by atoms with E-state index in [9.17, 15) is 9.59 Å². The van der Waals surface area contributed by atoms with E-state index in [0.717, 1.165) is 19.3 Å². The molecule has 1 aliphatic heterocycles. The Kier molecular flexibility index (Phi) is 2.79. The van der Waals surface area contributed by atoms with Crippen molar-refractivity contribution < 1.29 is 9.59 Å². The first kappa shape index (κ1) is 12.2. The van der Waals surface area contributed by atoms with Crippen molar-refractivity contribution >= 4 is 29.1 Å². The molecule has 96 valence electrons. The number of halogens is 1. The van der Waals surface area contributed by atoms with Crippen LogP contribution in [0.25, 0.3) is 0 Å². The number of hydrogen-bond acceptors (Lipinski definition) is 3. The molecule has 2 atom stereocenters. The van der Waals surface area contributed by atoms with E-state index in [2.05, 4.69) is 0 Å². The van der Waals surface area contributed by atoms with Gasteiger partial charge in [-0.3, -0.25) is 9.59 Å². The number of rotatable bonds is 1. The van der Waals surface area contributed by atoms with Gasteiger partial charge in [0.1, 0.15) is 0 Å². The summed E-state index contributed by atoms with van der Waals surface area (Å²) in [6, 6.07) is 6.59. The Morgan fingerprint density at radius 3 is 2.37 bits per heavy atom. The van der Waals surface area contributed by atoms with Crippen molar-refractivity contribution in [3.63, 3.8) is 0 Å². The van der Waals surface area contributed by atoms with E-state index in [0.29, 0.717) is 11.3 Å². The number of fused-ring (bicyclic) bond motifs is 1. The van der Waals surface area contributed by atoms with E-state index in [-0.39, 0.29) is 28.7 Å². The fourth-order valence-electron chi connectivity index (χ4n) is 2.99. The predicted molar refractivity (Wildman–Crippen MR) is 69.5 cm³/mol. The summed E-state index contributed by atoms with van der Waals surface area (Å²) in [6.07, 6.45) is 2.49. The summed E-state index contributed by atoms with van der Waals surface area (Å²) in [7, 11) is 0. The maximum Gasteiger partial charge on any atom is 0.237 e. The standard InChI is InChI=1S/C14H11ClN2O2/c15-11-6-8(7-16)4-5-12(11)17-13(18)9-2-1-3-10(9)14(17)19/h4-6,9-10H,1-3H2. The quantitative estimate of drug-likeness (QED) is 0.739. The van der Waals surface area contributed by atoms with Gasteiger partial charge >= 0.3 is 0 Å². The second kappa shape index (κ2) is 4.36. The number of imide groups is 1. The highest BCUT2D eigenvalue weighted by atomic mass is 35.5. The molecule has 2 amide bonds. The molecule has 2 aliphatic rings. The molecule has 0 N–H and O–H groups in total. The molecule has 0 radical (unpaired) electrons. The average molecular weight is 275 g/mol. The number of hydrogen-bond donors (Lipinski definition) is 0. The number of nitrogens with zero attached hydrogens (tertiary/aromatic N) is 2. The van der Waals surface area contributed by atoms with Gasteiger partial charge < -0.3 is 0 Å². The van der Waals surface area contributed by atoms with Gasteiger partial charge in [-0.2, -0.15) is 5.26 Å². The van der Waals surface area contributed by atoms with Crippen molar-refractivity contribution in [2.24, 2.45) is 11.8 Å². The van der Waals surface area contributed by atoms with Gasteiger partial charge in [-0.1, -0.05) is 18.0 Å². The van der Waals surface area contributed by atoms with Crippen LogP contribution >= 0.6 is 11.6 Å². The highest BCUT2D eigenvalue weighted by Crippen LogP contribution is 2.43. The SMILES string of the molecule is N#Cc1ccc(N2C(=O)C3CCCC3C2=O)c(Cl)c1. The minimum absolute atomic E-state index is 0.154.